The molecule has 1 amide bonds. The molecular formula is C16H27N3O3S. The van der Waals surface area contributed by atoms with Gasteiger partial charge in [-0.3, -0.25) is 4.79 Å². The maximum absolute atomic E-state index is 12.2. The van der Waals surface area contributed by atoms with E-state index in [4.69, 9.17) is 0 Å². The van der Waals surface area contributed by atoms with E-state index in [2.05, 4.69) is 17.0 Å². The van der Waals surface area contributed by atoms with E-state index in [0.29, 0.717) is 18.7 Å². The lowest BCUT2D eigenvalue weighted by Gasteiger charge is -2.11. The number of nitrogens with one attached hydrogen (secondary N) is 2. The number of hydrogen-bond acceptors (Lipinski definition) is 4. The molecule has 0 heterocycles. The van der Waals surface area contributed by atoms with Gasteiger partial charge in [0.15, 0.2) is 0 Å². The number of carbonyl (C=O) groups excluding carboxylic acids is 1. The van der Waals surface area contributed by atoms with E-state index in [0.717, 1.165) is 25.8 Å². The van der Waals surface area contributed by atoms with Crippen LogP contribution in [0.3, 0.4) is 0 Å². The zero-order chi connectivity index (χ0) is 17.3. The Bertz CT molecular complexity index is 600. The average Bonchev–Trinajstić information content (AvgIpc) is 2.51. The van der Waals surface area contributed by atoms with Gasteiger partial charge in [0, 0.05) is 25.2 Å². The maximum Gasteiger partial charge on any atom is 0.251 e. The molecule has 0 fully saturated rings. The normalized spacial score (nSPS) is 11.7. The summed E-state index contributed by atoms with van der Waals surface area (Å²) in [5.74, 6) is -0.269. The molecule has 0 unspecified atom stereocenters. The van der Waals surface area contributed by atoms with Crippen molar-refractivity contribution in [3.05, 3.63) is 29.8 Å². The largest absolute Gasteiger partial charge is 0.351 e. The minimum atomic E-state index is -3.57. The number of benzene rings is 1. The van der Waals surface area contributed by atoms with Gasteiger partial charge in [-0.1, -0.05) is 25.8 Å². The number of likely N-dealkylation sites (N-methyl/N-ethyl adjacent to an activating group) is 1. The van der Waals surface area contributed by atoms with Gasteiger partial charge in [-0.15, -0.1) is 0 Å². The van der Waals surface area contributed by atoms with Crippen molar-refractivity contribution in [2.45, 2.75) is 31.1 Å². The molecule has 0 atom stereocenters. The van der Waals surface area contributed by atoms with Gasteiger partial charge < -0.3 is 10.2 Å². The SMILES string of the molecule is CCCCCNS(=O)(=O)c1cccc(C(=O)NCCN(C)C)c1. The van der Waals surface area contributed by atoms with Gasteiger partial charge >= 0.3 is 0 Å². The Morgan fingerprint density at radius 3 is 2.57 bits per heavy atom. The van der Waals surface area contributed by atoms with E-state index < -0.39 is 10.0 Å². The second kappa shape index (κ2) is 9.64. The molecule has 0 radical (unpaired) electrons. The van der Waals surface area contributed by atoms with Crippen molar-refractivity contribution in [3.8, 4) is 0 Å². The lowest BCUT2D eigenvalue weighted by molar-refractivity contribution is 0.0951. The fourth-order valence-corrected chi connectivity index (χ4v) is 3.08. The third kappa shape index (κ3) is 7.11. The van der Waals surface area contributed by atoms with Gasteiger partial charge in [0.2, 0.25) is 10.0 Å². The number of unbranched alkanes of at least 4 members (excludes halogenated alkanes) is 2. The molecule has 0 aliphatic heterocycles. The first-order valence-corrected chi connectivity index (χ1v) is 9.38. The Labute approximate surface area is 139 Å². The van der Waals surface area contributed by atoms with E-state index >= 15 is 0 Å². The Balaban J connectivity index is 2.69. The third-order valence-electron chi connectivity index (χ3n) is 3.32. The highest BCUT2D eigenvalue weighted by Gasteiger charge is 2.15. The minimum absolute atomic E-state index is 0.120. The molecule has 2 N–H and O–H groups in total. The van der Waals surface area contributed by atoms with Crippen molar-refractivity contribution in [2.24, 2.45) is 0 Å². The van der Waals surface area contributed by atoms with Gasteiger partial charge in [-0.05, 0) is 38.7 Å². The summed E-state index contributed by atoms with van der Waals surface area (Å²) in [4.78, 5) is 14.1. The quantitative estimate of drug-likeness (QED) is 0.631. The van der Waals surface area contributed by atoms with Gasteiger partial charge in [0.25, 0.3) is 5.91 Å². The summed E-state index contributed by atoms with van der Waals surface area (Å²) in [6.07, 6.45) is 2.82. The summed E-state index contributed by atoms with van der Waals surface area (Å²) in [5.41, 5.74) is 0.347. The lowest BCUT2D eigenvalue weighted by atomic mass is 10.2. The molecule has 1 aromatic carbocycles. The average molecular weight is 341 g/mol. The molecule has 0 aliphatic carbocycles. The van der Waals surface area contributed by atoms with Crippen molar-refractivity contribution < 1.29 is 13.2 Å². The Morgan fingerprint density at radius 1 is 1.17 bits per heavy atom. The fraction of sp³-hybridized carbons (Fsp3) is 0.562. The van der Waals surface area contributed by atoms with Crippen molar-refractivity contribution in [1.29, 1.82) is 0 Å². The Morgan fingerprint density at radius 2 is 1.91 bits per heavy atom. The second-order valence-corrected chi connectivity index (χ2v) is 7.46. The standard InChI is InChI=1S/C16H27N3O3S/c1-4-5-6-10-18-23(21,22)15-9-7-8-14(13-15)16(20)17-11-12-19(2)3/h7-9,13,18H,4-6,10-12H2,1-3H3,(H,17,20). The van der Waals surface area contributed by atoms with Gasteiger partial charge in [-0.2, -0.15) is 0 Å². The van der Waals surface area contributed by atoms with Crippen LogP contribution >= 0.6 is 0 Å². The molecule has 0 saturated carbocycles. The molecule has 1 aromatic rings. The highest BCUT2D eigenvalue weighted by atomic mass is 32.2. The van der Waals surface area contributed by atoms with Crippen LogP contribution in [0.1, 0.15) is 36.5 Å². The number of nitrogens with zero attached hydrogens (tertiary/aromatic N) is 1. The summed E-state index contributed by atoms with van der Waals surface area (Å²) in [7, 11) is 0.271. The van der Waals surface area contributed by atoms with Crippen LogP contribution in [-0.2, 0) is 10.0 Å². The first kappa shape index (κ1) is 19.6. The minimum Gasteiger partial charge on any atom is -0.351 e. The first-order valence-electron chi connectivity index (χ1n) is 7.89. The Kier molecular flexibility index (Phi) is 8.22. The Hall–Kier alpha value is -1.44. The third-order valence-corrected chi connectivity index (χ3v) is 4.78. The summed E-state index contributed by atoms with van der Waals surface area (Å²) in [5, 5.41) is 2.77. The van der Waals surface area contributed by atoms with Crippen LogP contribution in [0.25, 0.3) is 0 Å². The monoisotopic (exact) mass is 341 g/mol. The molecule has 0 bridgehead atoms. The molecule has 130 valence electrons. The molecule has 0 aromatic heterocycles. The smallest absolute Gasteiger partial charge is 0.251 e. The zero-order valence-corrected chi connectivity index (χ0v) is 14.9. The summed E-state index contributed by atoms with van der Waals surface area (Å²) in [6, 6.07) is 6.11. The topological polar surface area (TPSA) is 78.5 Å². The summed E-state index contributed by atoms with van der Waals surface area (Å²) < 4.78 is 27.0. The molecule has 1 rings (SSSR count). The fourth-order valence-electron chi connectivity index (χ4n) is 1.96. The zero-order valence-electron chi connectivity index (χ0n) is 14.1. The van der Waals surface area contributed by atoms with E-state index in [1.807, 2.05) is 19.0 Å². The van der Waals surface area contributed by atoms with E-state index in [-0.39, 0.29) is 10.8 Å². The number of amides is 1. The van der Waals surface area contributed by atoms with Gasteiger partial charge in [-0.25, -0.2) is 13.1 Å². The highest BCUT2D eigenvalue weighted by Crippen LogP contribution is 2.11. The number of carbonyl (C=O) groups is 1. The molecule has 0 spiro atoms. The maximum atomic E-state index is 12.2. The second-order valence-electron chi connectivity index (χ2n) is 5.69. The van der Waals surface area contributed by atoms with Crippen LogP contribution in [-0.4, -0.2) is 53.0 Å². The van der Waals surface area contributed by atoms with Crippen molar-refractivity contribution in [1.82, 2.24) is 14.9 Å². The first-order chi connectivity index (χ1) is 10.9. The number of sulfonamides is 1. The molecule has 6 nitrogen and oxygen atoms in total. The predicted molar refractivity (Wildman–Crippen MR) is 92.0 cm³/mol. The molecule has 0 saturated heterocycles. The lowest BCUT2D eigenvalue weighted by Crippen LogP contribution is -2.31. The molecule has 23 heavy (non-hydrogen) atoms. The molecule has 7 heteroatoms. The number of hydrogen-bond donors (Lipinski definition) is 2. The van der Waals surface area contributed by atoms with Gasteiger partial charge in [0.1, 0.15) is 0 Å². The van der Waals surface area contributed by atoms with E-state index in [9.17, 15) is 13.2 Å². The summed E-state index contributed by atoms with van der Waals surface area (Å²) in [6.45, 7) is 3.71. The highest BCUT2D eigenvalue weighted by molar-refractivity contribution is 7.89. The van der Waals surface area contributed by atoms with Crippen molar-refractivity contribution in [3.63, 3.8) is 0 Å². The van der Waals surface area contributed by atoms with Crippen molar-refractivity contribution in [2.75, 3.05) is 33.7 Å². The molecular weight excluding hydrogens is 314 g/mol. The van der Waals surface area contributed by atoms with Crippen LogP contribution in [0.2, 0.25) is 0 Å². The summed E-state index contributed by atoms with van der Waals surface area (Å²) >= 11 is 0. The van der Waals surface area contributed by atoms with Crippen LogP contribution in [0.5, 0.6) is 0 Å². The van der Waals surface area contributed by atoms with E-state index in [1.54, 1.807) is 12.1 Å². The number of rotatable bonds is 10. The molecule has 0 aliphatic rings. The predicted octanol–water partition coefficient (Wildman–Crippen LogP) is 1.45. The van der Waals surface area contributed by atoms with Crippen LogP contribution in [0.4, 0.5) is 0 Å². The van der Waals surface area contributed by atoms with E-state index in [1.165, 1.54) is 12.1 Å². The van der Waals surface area contributed by atoms with Gasteiger partial charge in [0.05, 0.1) is 4.90 Å². The van der Waals surface area contributed by atoms with Crippen LogP contribution < -0.4 is 10.0 Å². The van der Waals surface area contributed by atoms with Crippen LogP contribution in [0.15, 0.2) is 29.2 Å². The van der Waals surface area contributed by atoms with Crippen LogP contribution in [0, 0.1) is 0 Å². The van der Waals surface area contributed by atoms with Crippen molar-refractivity contribution >= 4 is 15.9 Å².